The highest BCUT2D eigenvalue weighted by atomic mass is 16.2. The lowest BCUT2D eigenvalue weighted by Crippen LogP contribution is -2.37. The molecule has 1 fully saturated rings. The van der Waals surface area contributed by atoms with Gasteiger partial charge >= 0.3 is 0 Å². The van der Waals surface area contributed by atoms with Gasteiger partial charge in [0.05, 0.1) is 0 Å². The van der Waals surface area contributed by atoms with E-state index in [0.29, 0.717) is 11.9 Å². The van der Waals surface area contributed by atoms with Crippen LogP contribution in [0.15, 0.2) is 0 Å². The highest BCUT2D eigenvalue weighted by Crippen LogP contribution is 2.12. The second kappa shape index (κ2) is 6.24. The van der Waals surface area contributed by atoms with Crippen LogP contribution in [0.3, 0.4) is 0 Å². The third kappa shape index (κ3) is 4.12. The topological polar surface area (TPSA) is 32.3 Å². The minimum atomic E-state index is 0.134. The largest absolute Gasteiger partial charge is 0.341 e. The Balaban J connectivity index is 2.22. The number of carbonyl (C=O) groups excluding carboxylic acids is 1. The van der Waals surface area contributed by atoms with E-state index in [4.69, 9.17) is 0 Å². The number of nitrogens with zero attached hydrogens (tertiary/aromatic N) is 1. The van der Waals surface area contributed by atoms with Crippen LogP contribution in [0.5, 0.6) is 0 Å². The maximum atomic E-state index is 11.8. The van der Waals surface area contributed by atoms with Crippen molar-refractivity contribution in [3.05, 3.63) is 0 Å². The van der Waals surface area contributed by atoms with Crippen LogP contribution in [-0.2, 0) is 4.79 Å². The standard InChI is InChI=1S/C13H26N2O/c1-10(2)5-7-14-12-6-8-15(9-12)13(16)11(3)4/h10-12,14H,5-9H2,1-4H3/t12-/m1/s1. The van der Waals surface area contributed by atoms with Gasteiger partial charge in [0.2, 0.25) is 5.91 Å². The Morgan fingerprint density at radius 1 is 1.38 bits per heavy atom. The highest BCUT2D eigenvalue weighted by molar-refractivity contribution is 5.78. The summed E-state index contributed by atoms with van der Waals surface area (Å²) in [6, 6.07) is 0.515. The van der Waals surface area contributed by atoms with E-state index in [1.54, 1.807) is 0 Å². The summed E-state index contributed by atoms with van der Waals surface area (Å²) < 4.78 is 0. The van der Waals surface area contributed by atoms with Crippen molar-refractivity contribution in [3.63, 3.8) is 0 Å². The van der Waals surface area contributed by atoms with E-state index in [9.17, 15) is 4.79 Å². The van der Waals surface area contributed by atoms with E-state index in [-0.39, 0.29) is 5.92 Å². The fourth-order valence-corrected chi connectivity index (χ4v) is 2.07. The molecule has 0 aliphatic carbocycles. The second-order valence-electron chi connectivity index (χ2n) is 5.56. The third-order valence-electron chi connectivity index (χ3n) is 3.15. The summed E-state index contributed by atoms with van der Waals surface area (Å²) in [6.07, 6.45) is 2.32. The van der Waals surface area contributed by atoms with Crippen LogP contribution >= 0.6 is 0 Å². The number of carbonyl (C=O) groups is 1. The Kier molecular flexibility index (Phi) is 5.26. The predicted molar refractivity (Wildman–Crippen MR) is 67.3 cm³/mol. The summed E-state index contributed by atoms with van der Waals surface area (Å²) >= 11 is 0. The minimum Gasteiger partial charge on any atom is -0.341 e. The zero-order valence-electron chi connectivity index (χ0n) is 11.1. The molecule has 1 aliphatic rings. The van der Waals surface area contributed by atoms with Crippen molar-refractivity contribution in [1.82, 2.24) is 10.2 Å². The monoisotopic (exact) mass is 226 g/mol. The number of amides is 1. The van der Waals surface area contributed by atoms with Gasteiger partial charge in [-0.3, -0.25) is 4.79 Å². The summed E-state index contributed by atoms with van der Waals surface area (Å²) in [4.78, 5) is 13.8. The molecule has 0 bridgehead atoms. The van der Waals surface area contributed by atoms with Gasteiger partial charge < -0.3 is 10.2 Å². The van der Waals surface area contributed by atoms with Crippen molar-refractivity contribution in [2.24, 2.45) is 11.8 Å². The first-order valence-electron chi connectivity index (χ1n) is 6.53. The first kappa shape index (κ1) is 13.5. The Morgan fingerprint density at radius 3 is 2.62 bits per heavy atom. The van der Waals surface area contributed by atoms with Crippen molar-refractivity contribution >= 4 is 5.91 Å². The molecule has 1 heterocycles. The third-order valence-corrected chi connectivity index (χ3v) is 3.15. The summed E-state index contributed by atoms with van der Waals surface area (Å²) in [5.41, 5.74) is 0. The lowest BCUT2D eigenvalue weighted by molar-refractivity contribution is -0.133. The maximum absolute atomic E-state index is 11.8. The fourth-order valence-electron chi connectivity index (χ4n) is 2.07. The first-order valence-corrected chi connectivity index (χ1v) is 6.53. The van der Waals surface area contributed by atoms with Crippen LogP contribution in [0, 0.1) is 11.8 Å². The minimum absolute atomic E-state index is 0.134. The van der Waals surface area contributed by atoms with Crippen molar-refractivity contribution in [3.8, 4) is 0 Å². The van der Waals surface area contributed by atoms with Gasteiger partial charge in [-0.2, -0.15) is 0 Å². The quantitative estimate of drug-likeness (QED) is 0.776. The molecule has 3 nitrogen and oxygen atoms in total. The van der Waals surface area contributed by atoms with Crippen LogP contribution in [0.1, 0.15) is 40.5 Å². The predicted octanol–water partition coefficient (Wildman–Crippen LogP) is 1.88. The highest BCUT2D eigenvalue weighted by Gasteiger charge is 2.26. The summed E-state index contributed by atoms with van der Waals surface area (Å²) in [5.74, 6) is 1.19. The Morgan fingerprint density at radius 2 is 2.06 bits per heavy atom. The van der Waals surface area contributed by atoms with Crippen LogP contribution in [0.25, 0.3) is 0 Å². The number of hydrogen-bond acceptors (Lipinski definition) is 2. The van der Waals surface area contributed by atoms with E-state index in [1.807, 2.05) is 18.7 Å². The molecule has 0 radical (unpaired) electrons. The van der Waals surface area contributed by atoms with Gasteiger partial charge in [0.15, 0.2) is 0 Å². The van der Waals surface area contributed by atoms with Gasteiger partial charge in [0.1, 0.15) is 0 Å². The Bertz CT molecular complexity index is 226. The molecule has 0 aromatic rings. The first-order chi connectivity index (χ1) is 7.50. The summed E-state index contributed by atoms with van der Waals surface area (Å²) in [5, 5.41) is 3.54. The molecule has 1 amide bonds. The fraction of sp³-hybridized carbons (Fsp3) is 0.923. The van der Waals surface area contributed by atoms with Crippen LogP contribution in [0.4, 0.5) is 0 Å². The smallest absolute Gasteiger partial charge is 0.225 e. The Hall–Kier alpha value is -0.570. The normalized spacial score (nSPS) is 21.1. The molecule has 94 valence electrons. The van der Waals surface area contributed by atoms with Gasteiger partial charge in [-0.15, -0.1) is 0 Å². The lowest BCUT2D eigenvalue weighted by atomic mass is 10.1. The molecule has 16 heavy (non-hydrogen) atoms. The van der Waals surface area contributed by atoms with E-state index in [2.05, 4.69) is 19.2 Å². The molecule has 1 N–H and O–H groups in total. The second-order valence-corrected chi connectivity index (χ2v) is 5.56. The van der Waals surface area contributed by atoms with Crippen LogP contribution < -0.4 is 5.32 Å². The van der Waals surface area contributed by atoms with Gasteiger partial charge in [-0.05, 0) is 25.3 Å². The molecule has 0 unspecified atom stereocenters. The van der Waals surface area contributed by atoms with Gasteiger partial charge in [-0.1, -0.05) is 27.7 Å². The molecule has 0 aromatic carbocycles. The lowest BCUT2D eigenvalue weighted by Gasteiger charge is -2.19. The summed E-state index contributed by atoms with van der Waals surface area (Å²) in [7, 11) is 0. The van der Waals surface area contributed by atoms with Gasteiger partial charge in [0.25, 0.3) is 0 Å². The molecule has 1 atom stereocenters. The van der Waals surface area contributed by atoms with E-state index in [1.165, 1.54) is 6.42 Å². The van der Waals surface area contributed by atoms with Crippen molar-refractivity contribution < 1.29 is 4.79 Å². The average Bonchev–Trinajstić information content (AvgIpc) is 2.64. The molecular weight excluding hydrogens is 200 g/mol. The zero-order valence-corrected chi connectivity index (χ0v) is 11.1. The van der Waals surface area contributed by atoms with E-state index >= 15 is 0 Å². The zero-order chi connectivity index (χ0) is 12.1. The molecule has 1 rings (SSSR count). The van der Waals surface area contributed by atoms with Crippen molar-refractivity contribution in [2.75, 3.05) is 19.6 Å². The Labute approximate surface area is 99.6 Å². The number of rotatable bonds is 5. The molecule has 0 aromatic heterocycles. The van der Waals surface area contributed by atoms with Crippen molar-refractivity contribution in [1.29, 1.82) is 0 Å². The SMILES string of the molecule is CC(C)CCN[C@@H]1CCN(C(=O)C(C)C)C1. The average molecular weight is 226 g/mol. The van der Waals surface area contributed by atoms with Gasteiger partial charge in [-0.25, -0.2) is 0 Å². The van der Waals surface area contributed by atoms with E-state index in [0.717, 1.165) is 32.0 Å². The van der Waals surface area contributed by atoms with Crippen LogP contribution in [-0.4, -0.2) is 36.5 Å². The molecule has 1 aliphatic heterocycles. The molecule has 3 heteroatoms. The number of nitrogens with one attached hydrogen (secondary N) is 1. The number of hydrogen-bond donors (Lipinski definition) is 1. The summed E-state index contributed by atoms with van der Waals surface area (Å²) in [6.45, 7) is 11.3. The molecule has 0 spiro atoms. The van der Waals surface area contributed by atoms with Crippen molar-refractivity contribution in [2.45, 2.75) is 46.6 Å². The van der Waals surface area contributed by atoms with E-state index < -0.39 is 0 Å². The number of likely N-dealkylation sites (tertiary alicyclic amines) is 1. The molecule has 1 saturated heterocycles. The molecular formula is C13H26N2O. The van der Waals surface area contributed by atoms with Gasteiger partial charge in [0, 0.05) is 25.0 Å². The maximum Gasteiger partial charge on any atom is 0.225 e. The molecule has 0 saturated carbocycles. The van der Waals surface area contributed by atoms with Crippen LogP contribution in [0.2, 0.25) is 0 Å².